The van der Waals surface area contributed by atoms with E-state index in [1.165, 1.54) is 5.56 Å². The Labute approximate surface area is 170 Å². The van der Waals surface area contributed by atoms with Gasteiger partial charge in [-0.1, -0.05) is 38.1 Å². The molecule has 29 heavy (non-hydrogen) atoms. The molecule has 3 nitrogen and oxygen atoms in total. The number of hydrogen-bond acceptors (Lipinski definition) is 2. The smallest absolute Gasteiger partial charge is 0.193 e. The van der Waals surface area contributed by atoms with Gasteiger partial charge in [-0.05, 0) is 59.5 Å². The van der Waals surface area contributed by atoms with Gasteiger partial charge in [-0.15, -0.1) is 0 Å². The van der Waals surface area contributed by atoms with Crippen molar-refractivity contribution in [2.45, 2.75) is 26.2 Å². The van der Waals surface area contributed by atoms with Crippen LogP contribution in [-0.4, -0.2) is 11.7 Å². The number of benzene rings is 3. The van der Waals surface area contributed by atoms with Crippen molar-refractivity contribution in [2.24, 2.45) is 0 Å². The first-order chi connectivity index (χ1) is 14.1. The maximum atomic E-state index is 13.6. The summed E-state index contributed by atoms with van der Waals surface area (Å²) in [7, 11) is 1.68. The van der Waals surface area contributed by atoms with Gasteiger partial charge in [0, 0.05) is 28.6 Å². The fourth-order valence-corrected chi connectivity index (χ4v) is 4.37. The van der Waals surface area contributed by atoms with E-state index in [2.05, 4.69) is 54.8 Å². The van der Waals surface area contributed by atoms with Gasteiger partial charge in [0.15, 0.2) is 5.43 Å². The Morgan fingerprint density at radius 1 is 0.966 bits per heavy atom. The minimum atomic E-state index is 0.139. The van der Waals surface area contributed by atoms with E-state index >= 15 is 0 Å². The van der Waals surface area contributed by atoms with Gasteiger partial charge in [0.25, 0.3) is 0 Å². The van der Waals surface area contributed by atoms with Crippen molar-refractivity contribution in [3.63, 3.8) is 0 Å². The standard InChI is InChI=1S/C26H23NO2/c1-16(2)17-9-12-24-22(14-17)26(28)23-15-18-13-20(29-3)10-11-21(18)25(23)27(24)19-7-5-4-6-8-19/h4-14,16H,15H2,1-3H3. The van der Waals surface area contributed by atoms with E-state index in [4.69, 9.17) is 4.74 Å². The fraction of sp³-hybridized carbons (Fsp3) is 0.192. The normalized spacial score (nSPS) is 12.3. The number of para-hydroxylation sites is 1. The highest BCUT2D eigenvalue weighted by molar-refractivity contribution is 5.90. The number of methoxy groups -OCH3 is 1. The van der Waals surface area contributed by atoms with Crippen molar-refractivity contribution in [2.75, 3.05) is 7.11 Å². The number of aromatic nitrogens is 1. The van der Waals surface area contributed by atoms with Crippen molar-refractivity contribution in [1.82, 2.24) is 4.57 Å². The molecule has 1 aliphatic rings. The average Bonchev–Trinajstić information content (AvgIpc) is 3.13. The van der Waals surface area contributed by atoms with Crippen LogP contribution in [0.3, 0.4) is 0 Å². The van der Waals surface area contributed by atoms with Crippen LogP contribution in [0.4, 0.5) is 0 Å². The lowest BCUT2D eigenvalue weighted by molar-refractivity contribution is 0.414. The van der Waals surface area contributed by atoms with Crippen LogP contribution >= 0.6 is 0 Å². The van der Waals surface area contributed by atoms with Gasteiger partial charge in [-0.2, -0.15) is 0 Å². The van der Waals surface area contributed by atoms with Crippen molar-refractivity contribution >= 4 is 10.9 Å². The van der Waals surface area contributed by atoms with Gasteiger partial charge >= 0.3 is 0 Å². The number of fused-ring (bicyclic) bond motifs is 4. The molecule has 0 saturated carbocycles. The van der Waals surface area contributed by atoms with Gasteiger partial charge in [-0.3, -0.25) is 4.79 Å². The molecular formula is C26H23NO2. The summed E-state index contributed by atoms with van der Waals surface area (Å²) >= 11 is 0. The minimum Gasteiger partial charge on any atom is -0.497 e. The zero-order chi connectivity index (χ0) is 20.1. The molecular weight excluding hydrogens is 358 g/mol. The molecule has 0 fully saturated rings. The molecule has 0 radical (unpaired) electrons. The summed E-state index contributed by atoms with van der Waals surface area (Å²) in [6, 6.07) is 22.7. The molecule has 3 heteroatoms. The maximum Gasteiger partial charge on any atom is 0.193 e. The molecule has 0 bridgehead atoms. The number of nitrogens with zero attached hydrogens (tertiary/aromatic N) is 1. The number of rotatable bonds is 3. The van der Waals surface area contributed by atoms with Crippen LogP contribution in [0, 0.1) is 0 Å². The number of hydrogen-bond donors (Lipinski definition) is 0. The molecule has 0 spiro atoms. The number of ether oxygens (including phenoxy) is 1. The summed E-state index contributed by atoms with van der Waals surface area (Å²) in [6.07, 6.45) is 0.634. The lowest BCUT2D eigenvalue weighted by atomic mass is 9.99. The SMILES string of the molecule is COc1ccc2c(c1)Cc1c-2n(-c2ccccc2)c2ccc(C(C)C)cc2c1=O. The highest BCUT2D eigenvalue weighted by atomic mass is 16.5. The van der Waals surface area contributed by atoms with E-state index in [0.29, 0.717) is 12.3 Å². The van der Waals surface area contributed by atoms with Gasteiger partial charge in [0.05, 0.1) is 18.3 Å². The first kappa shape index (κ1) is 17.7. The van der Waals surface area contributed by atoms with Crippen LogP contribution in [0.1, 0.15) is 36.5 Å². The molecule has 0 amide bonds. The molecule has 0 unspecified atom stereocenters. The quantitative estimate of drug-likeness (QED) is 0.402. The third-order valence-electron chi connectivity index (χ3n) is 5.91. The molecule has 0 atom stereocenters. The van der Waals surface area contributed by atoms with Gasteiger partial charge in [0.2, 0.25) is 0 Å². The van der Waals surface area contributed by atoms with Crippen LogP contribution in [0.25, 0.3) is 27.8 Å². The molecule has 3 aromatic carbocycles. The van der Waals surface area contributed by atoms with Crippen LogP contribution in [0.15, 0.2) is 71.5 Å². The zero-order valence-corrected chi connectivity index (χ0v) is 16.9. The molecule has 1 aromatic heterocycles. The van der Waals surface area contributed by atoms with Crippen molar-refractivity contribution in [3.05, 3.63) is 93.6 Å². The summed E-state index contributed by atoms with van der Waals surface area (Å²) < 4.78 is 7.66. The van der Waals surface area contributed by atoms with E-state index in [1.54, 1.807) is 7.11 Å². The Morgan fingerprint density at radius 2 is 1.76 bits per heavy atom. The Kier molecular flexibility index (Phi) is 4.06. The molecule has 4 aromatic rings. The monoisotopic (exact) mass is 381 g/mol. The zero-order valence-electron chi connectivity index (χ0n) is 16.9. The molecule has 0 N–H and O–H groups in total. The van der Waals surface area contributed by atoms with Crippen molar-refractivity contribution in [3.8, 4) is 22.7 Å². The van der Waals surface area contributed by atoms with E-state index in [9.17, 15) is 4.79 Å². The second kappa shape index (κ2) is 6.63. The summed E-state index contributed by atoms with van der Waals surface area (Å²) in [5.74, 6) is 1.20. The highest BCUT2D eigenvalue weighted by Gasteiger charge is 2.27. The molecule has 1 heterocycles. The van der Waals surface area contributed by atoms with Crippen molar-refractivity contribution in [1.29, 1.82) is 0 Å². The van der Waals surface area contributed by atoms with E-state index in [0.717, 1.165) is 44.7 Å². The topological polar surface area (TPSA) is 31.2 Å². The Morgan fingerprint density at radius 3 is 2.48 bits per heavy atom. The van der Waals surface area contributed by atoms with Crippen LogP contribution in [0.2, 0.25) is 0 Å². The third-order valence-corrected chi connectivity index (χ3v) is 5.91. The summed E-state index contributed by atoms with van der Waals surface area (Å²) in [6.45, 7) is 4.32. The van der Waals surface area contributed by atoms with Crippen LogP contribution < -0.4 is 10.2 Å². The fourth-order valence-electron chi connectivity index (χ4n) is 4.37. The first-order valence-electron chi connectivity index (χ1n) is 10.0. The third kappa shape index (κ3) is 2.69. The summed E-state index contributed by atoms with van der Waals surface area (Å²) in [5, 5.41) is 0.790. The Hall–Kier alpha value is -3.33. The number of pyridine rings is 1. The minimum absolute atomic E-state index is 0.139. The lowest BCUT2D eigenvalue weighted by Crippen LogP contribution is -2.15. The molecule has 0 saturated heterocycles. The second-order valence-electron chi connectivity index (χ2n) is 7.96. The highest BCUT2D eigenvalue weighted by Crippen LogP contribution is 2.40. The predicted octanol–water partition coefficient (Wildman–Crippen LogP) is 5.69. The predicted molar refractivity (Wildman–Crippen MR) is 118 cm³/mol. The van der Waals surface area contributed by atoms with Gasteiger partial charge < -0.3 is 9.30 Å². The summed E-state index contributed by atoms with van der Waals surface area (Å²) in [4.78, 5) is 13.6. The Balaban J connectivity index is 1.91. The van der Waals surface area contributed by atoms with Crippen LogP contribution in [0.5, 0.6) is 5.75 Å². The van der Waals surface area contributed by atoms with Crippen LogP contribution in [-0.2, 0) is 6.42 Å². The molecule has 144 valence electrons. The molecule has 1 aliphatic carbocycles. The maximum absolute atomic E-state index is 13.6. The van der Waals surface area contributed by atoms with E-state index < -0.39 is 0 Å². The molecule has 0 aliphatic heterocycles. The largest absolute Gasteiger partial charge is 0.497 e. The van der Waals surface area contributed by atoms with Gasteiger partial charge in [-0.25, -0.2) is 0 Å². The van der Waals surface area contributed by atoms with Gasteiger partial charge in [0.1, 0.15) is 5.75 Å². The van der Waals surface area contributed by atoms with E-state index in [-0.39, 0.29) is 5.43 Å². The molecule has 5 rings (SSSR count). The lowest BCUT2D eigenvalue weighted by Gasteiger charge is -2.19. The van der Waals surface area contributed by atoms with E-state index in [1.807, 2.05) is 30.3 Å². The average molecular weight is 381 g/mol. The van der Waals surface area contributed by atoms with Crippen molar-refractivity contribution < 1.29 is 4.74 Å². The summed E-state index contributed by atoms with van der Waals surface area (Å²) in [5.41, 5.74) is 7.46. The second-order valence-corrected chi connectivity index (χ2v) is 7.96. The first-order valence-corrected chi connectivity index (χ1v) is 10.0. The Bertz CT molecular complexity index is 1300.